The number of rotatable bonds is 0. The van der Waals surface area contributed by atoms with Crippen molar-refractivity contribution in [3.63, 3.8) is 0 Å². The molecule has 1 atom stereocenters. The molecule has 0 spiro atoms. The lowest BCUT2D eigenvalue weighted by Gasteiger charge is -1.87. The molecule has 0 saturated carbocycles. The van der Waals surface area contributed by atoms with Gasteiger partial charge in [0, 0.05) is 11.1 Å². The largest absolute Gasteiger partial charge is 0.160 e. The Balaban J connectivity index is 2.18. The molecule has 2 heteroatoms. The SMILES string of the molecule is ClC1CCSC1. The predicted molar refractivity (Wildman–Crippen MR) is 31.6 cm³/mol. The van der Waals surface area contributed by atoms with Crippen LogP contribution in [0.1, 0.15) is 6.42 Å². The summed E-state index contributed by atoms with van der Waals surface area (Å²) in [5.74, 6) is 2.44. The summed E-state index contributed by atoms with van der Waals surface area (Å²) in [5.41, 5.74) is 0. The molecule has 1 unspecified atom stereocenters. The molecule has 0 nitrogen and oxygen atoms in total. The van der Waals surface area contributed by atoms with Crippen molar-refractivity contribution in [3.8, 4) is 0 Å². The zero-order valence-corrected chi connectivity index (χ0v) is 5.06. The van der Waals surface area contributed by atoms with E-state index in [9.17, 15) is 0 Å². The highest BCUT2D eigenvalue weighted by atomic mass is 35.5. The fourth-order valence-corrected chi connectivity index (χ4v) is 2.05. The summed E-state index contributed by atoms with van der Waals surface area (Å²) in [4.78, 5) is 0. The van der Waals surface area contributed by atoms with Gasteiger partial charge in [-0.25, -0.2) is 0 Å². The van der Waals surface area contributed by atoms with Crippen LogP contribution in [-0.4, -0.2) is 16.9 Å². The average molecular weight is 123 g/mol. The van der Waals surface area contributed by atoms with Crippen LogP contribution in [-0.2, 0) is 0 Å². The minimum atomic E-state index is 0.481. The van der Waals surface area contributed by atoms with Crippen molar-refractivity contribution in [3.05, 3.63) is 0 Å². The minimum absolute atomic E-state index is 0.481. The highest BCUT2D eigenvalue weighted by Gasteiger charge is 2.10. The molecule has 1 saturated heterocycles. The second-order valence-electron chi connectivity index (χ2n) is 1.46. The topological polar surface area (TPSA) is 0 Å². The fraction of sp³-hybridized carbons (Fsp3) is 1.00. The van der Waals surface area contributed by atoms with Crippen LogP contribution in [0.5, 0.6) is 0 Å². The van der Waals surface area contributed by atoms with Gasteiger partial charge in [0.2, 0.25) is 0 Å². The lowest BCUT2D eigenvalue weighted by Crippen LogP contribution is -1.90. The van der Waals surface area contributed by atoms with Crippen molar-refractivity contribution >= 4 is 23.4 Å². The molecule has 1 fully saturated rings. The summed E-state index contributed by atoms with van der Waals surface area (Å²) < 4.78 is 0. The van der Waals surface area contributed by atoms with E-state index in [-0.39, 0.29) is 0 Å². The Bertz CT molecular complexity index is 40.8. The van der Waals surface area contributed by atoms with E-state index in [0.29, 0.717) is 5.38 Å². The first-order chi connectivity index (χ1) is 2.89. The lowest BCUT2D eigenvalue weighted by molar-refractivity contribution is 0.959. The van der Waals surface area contributed by atoms with E-state index in [1.807, 2.05) is 11.8 Å². The molecule has 0 N–H and O–H groups in total. The summed E-state index contributed by atoms with van der Waals surface area (Å²) >= 11 is 7.64. The van der Waals surface area contributed by atoms with Crippen molar-refractivity contribution in [1.29, 1.82) is 0 Å². The van der Waals surface area contributed by atoms with Gasteiger partial charge in [-0.3, -0.25) is 0 Å². The van der Waals surface area contributed by atoms with Gasteiger partial charge in [0.1, 0.15) is 0 Å². The third kappa shape index (κ3) is 1.05. The molecule has 0 radical (unpaired) electrons. The minimum Gasteiger partial charge on any atom is -0.160 e. The van der Waals surface area contributed by atoms with E-state index in [1.165, 1.54) is 17.9 Å². The van der Waals surface area contributed by atoms with E-state index >= 15 is 0 Å². The second-order valence-corrected chi connectivity index (χ2v) is 3.23. The quantitative estimate of drug-likeness (QED) is 0.441. The van der Waals surface area contributed by atoms with Gasteiger partial charge in [-0.15, -0.1) is 11.6 Å². The second kappa shape index (κ2) is 2.08. The molecule has 36 valence electrons. The standard InChI is InChI=1S/C4H7ClS/c5-4-1-2-6-3-4/h4H,1-3H2. The van der Waals surface area contributed by atoms with Crippen LogP contribution < -0.4 is 0 Å². The first-order valence-corrected chi connectivity index (χ1v) is 3.70. The van der Waals surface area contributed by atoms with Crippen LogP contribution in [0.15, 0.2) is 0 Å². The highest BCUT2D eigenvalue weighted by molar-refractivity contribution is 7.99. The molecule has 1 aliphatic heterocycles. The van der Waals surface area contributed by atoms with Crippen LogP contribution in [0.4, 0.5) is 0 Å². The van der Waals surface area contributed by atoms with Crippen molar-refractivity contribution in [1.82, 2.24) is 0 Å². The van der Waals surface area contributed by atoms with E-state index in [0.717, 1.165) is 0 Å². The third-order valence-corrected chi connectivity index (χ3v) is 2.59. The van der Waals surface area contributed by atoms with Crippen LogP contribution in [0.25, 0.3) is 0 Å². The zero-order valence-electron chi connectivity index (χ0n) is 3.48. The first-order valence-electron chi connectivity index (χ1n) is 2.11. The number of hydrogen-bond donors (Lipinski definition) is 0. The Hall–Kier alpha value is 0.640. The third-order valence-electron chi connectivity index (χ3n) is 0.874. The van der Waals surface area contributed by atoms with Gasteiger partial charge >= 0.3 is 0 Å². The normalized spacial score (nSPS) is 34.5. The zero-order chi connectivity index (χ0) is 4.41. The average Bonchev–Trinajstić information content (AvgIpc) is 1.86. The van der Waals surface area contributed by atoms with Crippen molar-refractivity contribution < 1.29 is 0 Å². The van der Waals surface area contributed by atoms with Gasteiger partial charge in [0.15, 0.2) is 0 Å². The molecular weight excluding hydrogens is 116 g/mol. The molecular formula is C4H7ClS. The van der Waals surface area contributed by atoms with E-state index < -0.39 is 0 Å². The van der Waals surface area contributed by atoms with Gasteiger partial charge < -0.3 is 0 Å². The molecule has 1 rings (SSSR count). The van der Waals surface area contributed by atoms with Crippen LogP contribution in [0.3, 0.4) is 0 Å². The van der Waals surface area contributed by atoms with E-state index in [2.05, 4.69) is 0 Å². The van der Waals surface area contributed by atoms with E-state index in [4.69, 9.17) is 11.6 Å². The first kappa shape index (κ1) is 4.79. The van der Waals surface area contributed by atoms with Gasteiger partial charge in [-0.05, 0) is 12.2 Å². The number of hydrogen-bond acceptors (Lipinski definition) is 1. The maximum absolute atomic E-state index is 5.69. The van der Waals surface area contributed by atoms with Crippen LogP contribution in [0, 0.1) is 0 Å². The number of thioether (sulfide) groups is 1. The Morgan fingerprint density at radius 3 is 2.67 bits per heavy atom. The Morgan fingerprint density at radius 2 is 2.50 bits per heavy atom. The molecule has 0 aliphatic carbocycles. The molecule has 0 aromatic carbocycles. The van der Waals surface area contributed by atoms with Gasteiger partial charge in [-0.2, -0.15) is 11.8 Å². The van der Waals surface area contributed by atoms with Gasteiger partial charge in [0.25, 0.3) is 0 Å². The van der Waals surface area contributed by atoms with Gasteiger partial charge in [-0.1, -0.05) is 0 Å². The summed E-state index contributed by atoms with van der Waals surface area (Å²) in [6, 6.07) is 0. The van der Waals surface area contributed by atoms with Crippen LogP contribution in [0.2, 0.25) is 0 Å². The summed E-state index contributed by atoms with van der Waals surface area (Å²) in [6.07, 6.45) is 1.21. The number of alkyl halides is 1. The molecule has 0 aromatic heterocycles. The summed E-state index contributed by atoms with van der Waals surface area (Å²) in [6.45, 7) is 0. The van der Waals surface area contributed by atoms with E-state index in [1.54, 1.807) is 0 Å². The van der Waals surface area contributed by atoms with Gasteiger partial charge in [0.05, 0.1) is 0 Å². The smallest absolute Gasteiger partial charge is 0.0434 e. The molecule has 1 heterocycles. The fourth-order valence-electron chi connectivity index (χ4n) is 0.506. The van der Waals surface area contributed by atoms with Crippen molar-refractivity contribution in [2.24, 2.45) is 0 Å². The number of halogens is 1. The molecule has 0 bridgehead atoms. The molecule has 1 aliphatic rings. The maximum Gasteiger partial charge on any atom is 0.0434 e. The Labute approximate surface area is 47.3 Å². The highest BCUT2D eigenvalue weighted by Crippen LogP contribution is 2.21. The molecule has 0 amide bonds. The van der Waals surface area contributed by atoms with Crippen molar-refractivity contribution in [2.75, 3.05) is 11.5 Å². The monoisotopic (exact) mass is 122 g/mol. The van der Waals surface area contributed by atoms with Crippen LogP contribution >= 0.6 is 23.4 Å². The Morgan fingerprint density at radius 1 is 1.67 bits per heavy atom. The Kier molecular flexibility index (Phi) is 1.66. The summed E-state index contributed by atoms with van der Waals surface area (Å²) in [7, 11) is 0. The molecule has 6 heavy (non-hydrogen) atoms. The van der Waals surface area contributed by atoms with Crippen molar-refractivity contribution in [2.45, 2.75) is 11.8 Å². The molecule has 0 aromatic rings. The summed E-state index contributed by atoms with van der Waals surface area (Å²) in [5, 5.41) is 0.481. The predicted octanol–water partition coefficient (Wildman–Crippen LogP) is 1.73. The lowest BCUT2D eigenvalue weighted by atomic mass is 10.4. The maximum atomic E-state index is 5.69.